The molecule has 2 fully saturated rings. The van der Waals surface area contributed by atoms with Crippen LogP contribution in [0.15, 0.2) is 59.0 Å². The van der Waals surface area contributed by atoms with Crippen LogP contribution in [0.25, 0.3) is 11.0 Å². The van der Waals surface area contributed by atoms with Crippen LogP contribution in [0.4, 0.5) is 4.39 Å². The highest BCUT2D eigenvalue weighted by atomic mass is 19.1. The normalized spacial score (nSPS) is 23.7. The molecule has 1 saturated heterocycles. The van der Waals surface area contributed by atoms with E-state index in [1.54, 1.807) is 19.1 Å². The van der Waals surface area contributed by atoms with Crippen molar-refractivity contribution in [2.24, 2.45) is 17.8 Å². The molecule has 1 aliphatic carbocycles. The summed E-state index contributed by atoms with van der Waals surface area (Å²) in [4.78, 5) is 41.7. The zero-order valence-corrected chi connectivity index (χ0v) is 23.3. The van der Waals surface area contributed by atoms with Gasteiger partial charge in [0, 0.05) is 30.2 Å². The lowest BCUT2D eigenvalue weighted by molar-refractivity contribution is -0.142. The molecule has 1 saturated carbocycles. The maximum Gasteiger partial charge on any atom is 0.374 e. The van der Waals surface area contributed by atoms with Crippen molar-refractivity contribution < 1.29 is 27.9 Å². The Morgan fingerprint density at radius 3 is 2.48 bits per heavy atom. The first-order valence-electron chi connectivity index (χ1n) is 14.5. The molecular formula is C33H38FNO5. The summed E-state index contributed by atoms with van der Waals surface area (Å²) in [5, 5.41) is 0.728. The molecule has 1 aliphatic heterocycles. The topological polar surface area (TPSA) is 76.8 Å². The Hall–Kier alpha value is -3.48. The van der Waals surface area contributed by atoms with Gasteiger partial charge < -0.3 is 14.1 Å². The second kappa shape index (κ2) is 12.4. The Morgan fingerprint density at radius 2 is 1.77 bits per heavy atom. The zero-order chi connectivity index (χ0) is 28.2. The molecule has 212 valence electrons. The van der Waals surface area contributed by atoms with E-state index in [1.807, 2.05) is 54.3 Å². The average Bonchev–Trinajstić information content (AvgIpc) is 3.62. The van der Waals surface area contributed by atoms with Crippen molar-refractivity contribution in [2.45, 2.75) is 64.3 Å². The lowest BCUT2D eigenvalue weighted by Gasteiger charge is -2.35. The van der Waals surface area contributed by atoms with Gasteiger partial charge in [-0.3, -0.25) is 14.0 Å². The average molecular weight is 548 g/mol. The van der Waals surface area contributed by atoms with Crippen LogP contribution in [0.5, 0.6) is 0 Å². The highest BCUT2D eigenvalue weighted by Gasteiger charge is 2.44. The molecule has 0 N–H and O–H groups in total. The number of Topliss-reactive ketones (excluding diaryl/α,β-unsaturated/α-hetero) is 1. The minimum absolute atomic E-state index is 0.00732. The number of likely N-dealkylation sites (tertiary alicyclic amines) is 1. The van der Waals surface area contributed by atoms with Crippen LogP contribution < -0.4 is 0 Å². The predicted molar refractivity (Wildman–Crippen MR) is 151 cm³/mol. The van der Waals surface area contributed by atoms with Crippen molar-refractivity contribution >= 4 is 28.6 Å². The second-order valence-electron chi connectivity index (χ2n) is 11.4. The fraction of sp³-hybridized carbons (Fsp3) is 0.485. The third-order valence-electron chi connectivity index (χ3n) is 8.84. The number of ether oxygens (including phenoxy) is 1. The van der Waals surface area contributed by atoms with Gasteiger partial charge in [-0.25, -0.2) is 4.79 Å². The fourth-order valence-corrected chi connectivity index (χ4v) is 6.59. The number of nitrogens with zero attached hydrogens (tertiary/aromatic N) is 1. The molecule has 3 atom stereocenters. The van der Waals surface area contributed by atoms with Crippen molar-refractivity contribution in [3.05, 3.63) is 71.5 Å². The zero-order valence-electron chi connectivity index (χ0n) is 23.3. The van der Waals surface area contributed by atoms with Crippen LogP contribution in [-0.2, 0) is 20.7 Å². The van der Waals surface area contributed by atoms with Gasteiger partial charge in [-0.2, -0.15) is 0 Å². The van der Waals surface area contributed by atoms with E-state index in [-0.39, 0.29) is 54.9 Å². The Balaban J connectivity index is 1.36. The van der Waals surface area contributed by atoms with Crippen molar-refractivity contribution in [2.75, 3.05) is 19.8 Å². The minimum atomic E-state index is -0.535. The Labute approximate surface area is 234 Å². The Morgan fingerprint density at radius 1 is 1.02 bits per heavy atom. The van der Waals surface area contributed by atoms with Crippen LogP contribution in [0.2, 0.25) is 0 Å². The third-order valence-corrected chi connectivity index (χ3v) is 8.84. The Kier molecular flexibility index (Phi) is 8.67. The highest BCUT2D eigenvalue weighted by Crippen LogP contribution is 2.39. The van der Waals surface area contributed by atoms with E-state index in [9.17, 15) is 18.8 Å². The molecule has 1 unspecified atom stereocenters. The first-order chi connectivity index (χ1) is 19.4. The molecule has 6 nitrogen and oxygen atoms in total. The molecule has 0 radical (unpaired) electrons. The molecule has 5 rings (SSSR count). The number of benzene rings is 2. The summed E-state index contributed by atoms with van der Waals surface area (Å²) in [6, 6.07) is 16.6. The van der Waals surface area contributed by atoms with Crippen molar-refractivity contribution in [3.63, 3.8) is 0 Å². The van der Waals surface area contributed by atoms with E-state index < -0.39 is 12.0 Å². The third kappa shape index (κ3) is 5.84. The molecule has 0 spiro atoms. The second-order valence-corrected chi connectivity index (χ2v) is 11.4. The van der Waals surface area contributed by atoms with Gasteiger partial charge in [0.2, 0.25) is 11.7 Å². The molecule has 1 aromatic heterocycles. The predicted octanol–water partition coefficient (Wildman–Crippen LogP) is 6.52. The number of rotatable bonds is 9. The standard InChI is InChI=1S/C33H38FNO5/c1-3-39-33(38)30-19-26-17-22(9-14-29(26)40-30)18-28(36)31-27(24-7-5-4-6-8-24)15-16-35(31)32(37)25-12-10-23(11-13-25)21(2)20-34/h4-9,14,17,19,21,23,25,27,31H,3,10-13,15-16,18,20H2,1-2H3/t21?,23?,25?,27-,31-/m0/s1. The number of amides is 1. The maximum absolute atomic E-state index is 14.0. The van der Waals surface area contributed by atoms with Gasteiger partial charge in [0.15, 0.2) is 5.78 Å². The molecular weight excluding hydrogens is 509 g/mol. The minimum Gasteiger partial charge on any atom is -0.460 e. The number of alkyl halides is 1. The van der Waals surface area contributed by atoms with Crippen molar-refractivity contribution in [1.29, 1.82) is 0 Å². The number of hydrogen-bond acceptors (Lipinski definition) is 5. The number of ketones is 1. The van der Waals surface area contributed by atoms with Crippen LogP contribution in [-0.4, -0.2) is 48.4 Å². The van der Waals surface area contributed by atoms with Gasteiger partial charge in [-0.05, 0) is 80.2 Å². The first kappa shape index (κ1) is 28.1. The summed E-state index contributed by atoms with van der Waals surface area (Å²) in [6.07, 6.45) is 4.13. The van der Waals surface area contributed by atoms with Gasteiger partial charge in [-0.1, -0.05) is 43.3 Å². The number of hydrogen-bond donors (Lipinski definition) is 0. The molecule has 3 aromatic rings. The van der Waals surface area contributed by atoms with E-state index in [4.69, 9.17) is 9.15 Å². The lowest BCUT2D eigenvalue weighted by Crippen LogP contribution is -2.46. The van der Waals surface area contributed by atoms with Gasteiger partial charge in [0.05, 0.1) is 19.3 Å². The van der Waals surface area contributed by atoms with Crippen LogP contribution >= 0.6 is 0 Å². The lowest BCUT2D eigenvalue weighted by atomic mass is 9.76. The monoisotopic (exact) mass is 547 g/mol. The summed E-state index contributed by atoms with van der Waals surface area (Å²) < 4.78 is 23.9. The smallest absolute Gasteiger partial charge is 0.374 e. The number of fused-ring (bicyclic) bond motifs is 1. The van der Waals surface area contributed by atoms with Crippen molar-refractivity contribution in [1.82, 2.24) is 4.90 Å². The maximum atomic E-state index is 14.0. The molecule has 1 amide bonds. The molecule has 2 heterocycles. The Bertz CT molecular complexity index is 1340. The van der Waals surface area contributed by atoms with E-state index in [0.29, 0.717) is 18.0 Å². The molecule has 2 aromatic carbocycles. The number of carbonyl (C=O) groups excluding carboxylic acids is 3. The van der Waals surface area contributed by atoms with Crippen LogP contribution in [0.1, 0.15) is 73.6 Å². The van der Waals surface area contributed by atoms with Crippen LogP contribution in [0.3, 0.4) is 0 Å². The number of carbonyl (C=O) groups is 3. The van der Waals surface area contributed by atoms with Gasteiger partial charge in [0.25, 0.3) is 0 Å². The number of furan rings is 1. The van der Waals surface area contributed by atoms with Crippen LogP contribution in [0, 0.1) is 17.8 Å². The summed E-state index contributed by atoms with van der Waals surface area (Å²) in [7, 11) is 0. The fourth-order valence-electron chi connectivity index (χ4n) is 6.59. The van der Waals surface area contributed by atoms with Gasteiger partial charge in [0.1, 0.15) is 5.58 Å². The van der Waals surface area contributed by atoms with E-state index in [2.05, 4.69) is 0 Å². The largest absolute Gasteiger partial charge is 0.460 e. The van der Waals surface area contributed by atoms with E-state index >= 15 is 0 Å². The summed E-state index contributed by atoms with van der Waals surface area (Å²) in [6.45, 7) is 4.18. The van der Waals surface area contributed by atoms with Gasteiger partial charge >= 0.3 is 5.97 Å². The summed E-state index contributed by atoms with van der Waals surface area (Å²) >= 11 is 0. The number of esters is 1. The summed E-state index contributed by atoms with van der Waals surface area (Å²) in [5.74, 6) is -0.140. The molecule has 2 aliphatic rings. The quantitative estimate of drug-likeness (QED) is 0.285. The summed E-state index contributed by atoms with van der Waals surface area (Å²) in [5.41, 5.74) is 2.43. The number of halogens is 1. The molecule has 7 heteroatoms. The van der Waals surface area contributed by atoms with E-state index in [0.717, 1.165) is 48.6 Å². The molecule has 40 heavy (non-hydrogen) atoms. The molecule has 0 bridgehead atoms. The van der Waals surface area contributed by atoms with Gasteiger partial charge in [-0.15, -0.1) is 0 Å². The first-order valence-corrected chi connectivity index (χ1v) is 14.5. The van der Waals surface area contributed by atoms with E-state index in [1.165, 1.54) is 0 Å². The van der Waals surface area contributed by atoms with Crippen molar-refractivity contribution in [3.8, 4) is 0 Å². The highest BCUT2D eigenvalue weighted by molar-refractivity contribution is 5.95. The SMILES string of the molecule is CCOC(=O)c1cc2cc(CC(=O)[C@@H]3[C@H](c4ccccc4)CCN3C(=O)C3CCC(C(C)CF)CC3)ccc2o1.